The third-order valence-electron chi connectivity index (χ3n) is 2.79. The summed E-state index contributed by atoms with van der Waals surface area (Å²) in [7, 11) is 3.37. The Hall–Kier alpha value is -1.14. The summed E-state index contributed by atoms with van der Waals surface area (Å²) < 4.78 is 0. The molecule has 0 aromatic carbocycles. The van der Waals surface area contributed by atoms with E-state index in [4.69, 9.17) is 0 Å². The molecule has 1 aliphatic rings. The van der Waals surface area contributed by atoms with E-state index in [9.17, 15) is 9.59 Å². The lowest BCUT2D eigenvalue weighted by molar-refractivity contribution is -0.125. The fraction of sp³-hybridized carbons (Fsp3) is 0.778. The third kappa shape index (κ3) is 2.90. The molecule has 3 N–H and O–H groups in total. The van der Waals surface area contributed by atoms with Crippen molar-refractivity contribution < 1.29 is 9.59 Å². The predicted molar refractivity (Wildman–Crippen MR) is 56.5 cm³/mol. The number of hydrogen-bond donors (Lipinski definition) is 3. The van der Waals surface area contributed by atoms with E-state index < -0.39 is 6.03 Å². The van der Waals surface area contributed by atoms with Gasteiger partial charge in [-0.25, -0.2) is 4.79 Å². The number of likely N-dealkylation sites (N-methyl/N-ethyl adjacent to an activating group) is 1. The summed E-state index contributed by atoms with van der Waals surface area (Å²) in [6.07, 6.45) is 0. The Balaban J connectivity index is 2.40. The van der Waals surface area contributed by atoms with Crippen LogP contribution in [0.25, 0.3) is 0 Å². The fourth-order valence-electron chi connectivity index (χ4n) is 1.34. The molecule has 1 fully saturated rings. The van der Waals surface area contributed by atoms with Gasteiger partial charge in [0.2, 0.25) is 5.91 Å². The van der Waals surface area contributed by atoms with Crippen LogP contribution in [0.4, 0.5) is 4.79 Å². The van der Waals surface area contributed by atoms with E-state index in [-0.39, 0.29) is 11.9 Å². The van der Waals surface area contributed by atoms with Crippen LogP contribution in [-0.4, -0.2) is 56.1 Å². The summed E-state index contributed by atoms with van der Waals surface area (Å²) in [6.45, 7) is 3.58. The molecule has 0 saturated carbocycles. The first kappa shape index (κ1) is 11.9. The first-order valence-electron chi connectivity index (χ1n) is 5.01. The summed E-state index contributed by atoms with van der Waals surface area (Å²) in [5.41, 5.74) is 0. The standard InChI is InChI=1S/C9H18N4O2/c1-6(8(14)12-9(15)10-2)13(3)7-4-11-5-7/h6-7,11H,4-5H2,1-3H3,(H2,10,12,14,15). The smallest absolute Gasteiger partial charge is 0.321 e. The number of amides is 3. The maximum Gasteiger partial charge on any atom is 0.321 e. The van der Waals surface area contributed by atoms with Gasteiger partial charge >= 0.3 is 6.03 Å². The van der Waals surface area contributed by atoms with Crippen LogP contribution >= 0.6 is 0 Å². The number of urea groups is 1. The number of nitrogens with one attached hydrogen (secondary N) is 3. The van der Waals surface area contributed by atoms with Crippen molar-refractivity contribution in [3.8, 4) is 0 Å². The van der Waals surface area contributed by atoms with E-state index in [0.717, 1.165) is 13.1 Å². The molecule has 1 rings (SSSR count). The Labute approximate surface area is 89.4 Å². The Kier molecular flexibility index (Phi) is 4.05. The van der Waals surface area contributed by atoms with Crippen molar-refractivity contribution in [2.24, 2.45) is 0 Å². The average molecular weight is 214 g/mol. The zero-order valence-electron chi connectivity index (χ0n) is 9.33. The predicted octanol–water partition coefficient (Wildman–Crippen LogP) is -1.27. The number of hydrogen-bond acceptors (Lipinski definition) is 4. The zero-order valence-corrected chi connectivity index (χ0v) is 9.33. The zero-order chi connectivity index (χ0) is 11.4. The van der Waals surface area contributed by atoms with Gasteiger partial charge < -0.3 is 10.6 Å². The van der Waals surface area contributed by atoms with Gasteiger partial charge in [0, 0.05) is 26.2 Å². The molecule has 1 unspecified atom stereocenters. The van der Waals surface area contributed by atoms with E-state index >= 15 is 0 Å². The summed E-state index contributed by atoms with van der Waals surface area (Å²) in [6, 6.07) is -0.378. The van der Waals surface area contributed by atoms with E-state index in [1.54, 1.807) is 6.92 Å². The number of nitrogens with zero attached hydrogens (tertiary/aromatic N) is 1. The van der Waals surface area contributed by atoms with Crippen LogP contribution in [0.3, 0.4) is 0 Å². The van der Waals surface area contributed by atoms with Crippen LogP contribution in [-0.2, 0) is 4.79 Å². The molecule has 6 heteroatoms. The van der Waals surface area contributed by atoms with Gasteiger partial charge in [-0.2, -0.15) is 0 Å². The molecular formula is C9H18N4O2. The average Bonchev–Trinajstić information content (AvgIpc) is 2.13. The molecule has 86 valence electrons. The van der Waals surface area contributed by atoms with Crippen LogP contribution in [0, 0.1) is 0 Å². The first-order valence-corrected chi connectivity index (χ1v) is 5.01. The monoisotopic (exact) mass is 214 g/mol. The van der Waals surface area contributed by atoms with Crippen molar-refractivity contribution >= 4 is 11.9 Å². The topological polar surface area (TPSA) is 73.5 Å². The van der Waals surface area contributed by atoms with Crippen molar-refractivity contribution in [1.82, 2.24) is 20.9 Å². The molecule has 15 heavy (non-hydrogen) atoms. The van der Waals surface area contributed by atoms with Crippen molar-refractivity contribution in [2.45, 2.75) is 19.0 Å². The molecule has 1 heterocycles. The highest BCUT2D eigenvalue weighted by Crippen LogP contribution is 2.06. The van der Waals surface area contributed by atoms with Crippen LogP contribution in [0.1, 0.15) is 6.92 Å². The molecule has 0 bridgehead atoms. The van der Waals surface area contributed by atoms with Gasteiger partial charge in [-0.15, -0.1) is 0 Å². The minimum Gasteiger partial charge on any atom is -0.341 e. The van der Waals surface area contributed by atoms with Crippen LogP contribution in [0.15, 0.2) is 0 Å². The SMILES string of the molecule is CNC(=O)NC(=O)C(C)N(C)C1CNC1. The van der Waals surface area contributed by atoms with Crippen LogP contribution in [0.2, 0.25) is 0 Å². The number of imide groups is 1. The lowest BCUT2D eigenvalue weighted by Crippen LogP contribution is -2.61. The molecule has 1 aliphatic heterocycles. The lowest BCUT2D eigenvalue weighted by Gasteiger charge is -2.38. The summed E-state index contributed by atoms with van der Waals surface area (Å²) in [4.78, 5) is 24.5. The van der Waals surface area contributed by atoms with Crippen molar-refractivity contribution in [3.63, 3.8) is 0 Å². The van der Waals surface area contributed by atoms with Crippen molar-refractivity contribution in [1.29, 1.82) is 0 Å². The van der Waals surface area contributed by atoms with Gasteiger partial charge in [0.25, 0.3) is 0 Å². The molecule has 6 nitrogen and oxygen atoms in total. The summed E-state index contributed by atoms with van der Waals surface area (Å²) >= 11 is 0. The van der Waals surface area contributed by atoms with Crippen LogP contribution < -0.4 is 16.0 Å². The summed E-state index contributed by atoms with van der Waals surface area (Å²) in [5, 5.41) is 7.74. The molecule has 1 saturated heterocycles. The van der Waals surface area contributed by atoms with E-state index in [2.05, 4.69) is 16.0 Å². The maximum atomic E-state index is 11.6. The largest absolute Gasteiger partial charge is 0.341 e. The van der Waals surface area contributed by atoms with Gasteiger partial charge in [-0.1, -0.05) is 0 Å². The van der Waals surface area contributed by atoms with Crippen LogP contribution in [0.5, 0.6) is 0 Å². The number of carbonyl (C=O) groups excluding carboxylic acids is 2. The van der Waals surface area contributed by atoms with E-state index in [1.807, 2.05) is 11.9 Å². The highest BCUT2D eigenvalue weighted by Gasteiger charge is 2.29. The van der Waals surface area contributed by atoms with Gasteiger partial charge in [-0.3, -0.25) is 15.0 Å². The molecule has 0 aromatic rings. The Bertz CT molecular complexity index is 252. The Morgan fingerprint density at radius 1 is 1.47 bits per heavy atom. The second kappa shape index (κ2) is 5.09. The third-order valence-corrected chi connectivity index (χ3v) is 2.79. The Morgan fingerprint density at radius 3 is 2.47 bits per heavy atom. The van der Waals surface area contributed by atoms with E-state index in [0.29, 0.717) is 6.04 Å². The van der Waals surface area contributed by atoms with Gasteiger partial charge in [0.1, 0.15) is 0 Å². The quantitative estimate of drug-likeness (QED) is 0.548. The minimum atomic E-state index is -0.466. The second-order valence-electron chi connectivity index (χ2n) is 3.72. The molecular weight excluding hydrogens is 196 g/mol. The van der Waals surface area contributed by atoms with Crippen molar-refractivity contribution in [3.05, 3.63) is 0 Å². The molecule has 0 aromatic heterocycles. The number of rotatable bonds is 3. The molecule has 3 amide bonds. The van der Waals surface area contributed by atoms with Gasteiger partial charge in [0.05, 0.1) is 6.04 Å². The minimum absolute atomic E-state index is 0.274. The molecule has 0 radical (unpaired) electrons. The first-order chi connectivity index (χ1) is 7.06. The maximum absolute atomic E-state index is 11.6. The second-order valence-corrected chi connectivity index (χ2v) is 3.72. The molecule has 1 atom stereocenters. The van der Waals surface area contributed by atoms with Gasteiger partial charge in [0.15, 0.2) is 0 Å². The fourth-order valence-corrected chi connectivity index (χ4v) is 1.34. The number of carbonyl (C=O) groups is 2. The highest BCUT2D eigenvalue weighted by molar-refractivity contribution is 5.96. The van der Waals surface area contributed by atoms with Crippen molar-refractivity contribution in [2.75, 3.05) is 27.2 Å². The highest BCUT2D eigenvalue weighted by atomic mass is 16.2. The molecule has 0 aliphatic carbocycles. The summed E-state index contributed by atoms with van der Waals surface area (Å²) in [5.74, 6) is -0.274. The molecule has 0 spiro atoms. The van der Waals surface area contributed by atoms with Gasteiger partial charge in [-0.05, 0) is 14.0 Å². The van der Waals surface area contributed by atoms with E-state index in [1.165, 1.54) is 7.05 Å². The Morgan fingerprint density at radius 2 is 2.07 bits per heavy atom. The lowest BCUT2D eigenvalue weighted by atomic mass is 10.1. The normalized spacial score (nSPS) is 18.1.